The van der Waals surface area contributed by atoms with Gasteiger partial charge in [-0.1, -0.05) is 126 Å². The van der Waals surface area contributed by atoms with Gasteiger partial charge in [-0.3, -0.25) is 0 Å². The normalized spacial score (nSPS) is 10.6. The largest absolute Gasteiger partial charge is 2.00 e. The summed E-state index contributed by atoms with van der Waals surface area (Å²) in [7, 11) is 0. The first-order valence-electron chi connectivity index (χ1n) is 18.0. The number of aryl methyl sites for hydroxylation is 6. The Morgan fingerprint density at radius 1 is 0.527 bits per heavy atom. The first kappa shape index (κ1) is 42.2. The van der Waals surface area contributed by atoms with Crippen LogP contribution in [0.4, 0.5) is 0 Å². The summed E-state index contributed by atoms with van der Waals surface area (Å²) in [6.07, 6.45) is 2.65. The predicted molar refractivity (Wildman–Crippen MR) is 211 cm³/mol. The minimum Gasteiger partial charge on any atom is -0.872 e. The molecule has 7 heteroatoms. The van der Waals surface area contributed by atoms with Crippen molar-refractivity contribution in [1.82, 2.24) is 0 Å². The van der Waals surface area contributed by atoms with Crippen LogP contribution in [0.25, 0.3) is 0 Å². The van der Waals surface area contributed by atoms with Crippen molar-refractivity contribution in [2.24, 2.45) is 0 Å². The number of aromatic carboxylic acids is 2. The number of aromatic hydroxyl groups is 1. The average Bonchev–Trinajstić information content (AvgIpc) is 3.11. The second-order valence-corrected chi connectivity index (χ2v) is 14.3. The van der Waals surface area contributed by atoms with Gasteiger partial charge in [0.05, 0.1) is 5.97 Å². The van der Waals surface area contributed by atoms with Crippen LogP contribution in [-0.4, -0.2) is 22.2 Å². The Hall–Kier alpha value is -5.52. The number of carbonyl (C=O) groups is 2. The van der Waals surface area contributed by atoms with E-state index in [1.54, 1.807) is 24.3 Å². The first-order valence-corrected chi connectivity index (χ1v) is 18.0. The maximum absolute atomic E-state index is 12.2. The Morgan fingerprint density at radius 3 is 1.25 bits per heavy atom. The molecule has 0 radical (unpaired) electrons. The molecule has 0 spiro atoms. The molecule has 0 saturated carbocycles. The van der Waals surface area contributed by atoms with Crippen LogP contribution in [0.2, 0.25) is 0 Å². The molecular weight excluding hydrogens is 738 g/mol. The monoisotopic (exact) mass is 782 g/mol. The van der Waals surface area contributed by atoms with E-state index in [1.807, 2.05) is 24.3 Å². The van der Waals surface area contributed by atoms with E-state index in [-0.39, 0.29) is 36.4 Å². The number of para-hydroxylation sites is 2. The van der Waals surface area contributed by atoms with Crippen molar-refractivity contribution in [3.05, 3.63) is 198 Å². The molecule has 0 aromatic heterocycles. The van der Waals surface area contributed by atoms with E-state index in [4.69, 9.17) is 5.11 Å². The molecule has 0 amide bonds. The van der Waals surface area contributed by atoms with E-state index in [0.717, 1.165) is 24.0 Å². The fourth-order valence-corrected chi connectivity index (χ4v) is 7.17. The molecule has 55 heavy (non-hydrogen) atoms. The Bertz CT molecular complexity index is 2100. The fourth-order valence-electron chi connectivity index (χ4n) is 7.17. The molecule has 276 valence electrons. The van der Waals surface area contributed by atoms with Crippen LogP contribution in [0.5, 0.6) is 11.5 Å². The third-order valence-electron chi connectivity index (χ3n) is 9.94. The van der Waals surface area contributed by atoms with Gasteiger partial charge in [0.2, 0.25) is 0 Å². The number of benzene rings is 6. The smallest absolute Gasteiger partial charge is 0.872 e. The van der Waals surface area contributed by atoms with Gasteiger partial charge in [0, 0.05) is 6.42 Å². The number of hydrogen-bond donors (Lipinski definition) is 2. The van der Waals surface area contributed by atoms with Gasteiger partial charge in [-0.25, -0.2) is 4.79 Å². The first-order chi connectivity index (χ1) is 25.7. The second kappa shape index (κ2) is 18.7. The molecule has 0 aliphatic heterocycles. The molecule has 0 aliphatic rings. The molecule has 0 aliphatic carbocycles. The van der Waals surface area contributed by atoms with Crippen LogP contribution < -0.4 is 10.2 Å². The number of carboxylic acid groups (broad SMARTS) is 2. The summed E-state index contributed by atoms with van der Waals surface area (Å²) in [5, 5.41) is 42.5. The molecule has 0 saturated heterocycles. The maximum atomic E-state index is 12.2. The summed E-state index contributed by atoms with van der Waals surface area (Å²) in [6.45, 7) is 12.8. The molecule has 6 aromatic rings. The number of carbonyl (C=O) groups excluding carboxylic acids is 1. The van der Waals surface area contributed by atoms with E-state index in [9.17, 15) is 24.9 Å². The van der Waals surface area contributed by atoms with Gasteiger partial charge in [0.25, 0.3) is 0 Å². The molecule has 6 rings (SSSR count). The van der Waals surface area contributed by atoms with E-state index < -0.39 is 17.7 Å². The minimum absolute atomic E-state index is 0. The molecule has 0 fully saturated rings. The number of hydrogen-bond acceptors (Lipinski definition) is 5. The molecule has 0 bridgehead atoms. The third kappa shape index (κ3) is 10.8. The third-order valence-corrected chi connectivity index (χ3v) is 9.94. The molecule has 0 unspecified atom stereocenters. The van der Waals surface area contributed by atoms with Crippen molar-refractivity contribution in [2.75, 3.05) is 0 Å². The van der Waals surface area contributed by atoms with Gasteiger partial charge in [0.1, 0.15) is 11.3 Å². The van der Waals surface area contributed by atoms with Crippen LogP contribution in [0.3, 0.4) is 0 Å². The standard InChI is InChI=1S/2C24H24O3.Zn/c2*1-15-11-16(2)22(17(3)12-15)14-19-9-7-18(8-10-19)13-20-5-4-6-21(23(20)25)24(26)27;/h2*4-12,25H,13-14H2,1-3H3,(H,26,27);/q;;+2/p-2. The van der Waals surface area contributed by atoms with Crippen LogP contribution in [0.1, 0.15) is 98.6 Å². The Morgan fingerprint density at radius 2 is 0.873 bits per heavy atom. The van der Waals surface area contributed by atoms with Gasteiger partial charge in [-0.2, -0.15) is 0 Å². The predicted octanol–water partition coefficient (Wildman–Crippen LogP) is 8.43. The van der Waals surface area contributed by atoms with Crippen molar-refractivity contribution < 1.29 is 49.5 Å². The zero-order chi connectivity index (χ0) is 39.1. The average molecular weight is 784 g/mol. The van der Waals surface area contributed by atoms with E-state index >= 15 is 0 Å². The minimum atomic E-state index is -1.43. The van der Waals surface area contributed by atoms with Gasteiger partial charge in [-0.05, 0) is 134 Å². The zero-order valence-electron chi connectivity index (χ0n) is 32.5. The zero-order valence-corrected chi connectivity index (χ0v) is 35.4. The Balaban J connectivity index is 0.000000240. The number of phenols is 1. The van der Waals surface area contributed by atoms with Crippen molar-refractivity contribution in [3.63, 3.8) is 0 Å². The van der Waals surface area contributed by atoms with Gasteiger partial charge in [-0.15, -0.1) is 0 Å². The Labute approximate surface area is 336 Å². The molecule has 2 N–H and O–H groups in total. The van der Waals surface area contributed by atoms with Crippen LogP contribution in [0.15, 0.2) is 109 Å². The van der Waals surface area contributed by atoms with Crippen molar-refractivity contribution in [3.8, 4) is 11.5 Å². The van der Waals surface area contributed by atoms with Crippen LogP contribution in [0, 0.1) is 41.5 Å². The van der Waals surface area contributed by atoms with E-state index in [0.29, 0.717) is 24.0 Å². The molecule has 6 nitrogen and oxygen atoms in total. The van der Waals surface area contributed by atoms with Gasteiger partial charge < -0.3 is 25.2 Å². The fraction of sp³-hybridized carbons (Fsp3) is 0.208. The molecule has 0 atom stereocenters. The topological polar surface area (TPSA) is 121 Å². The van der Waals surface area contributed by atoms with Gasteiger partial charge >= 0.3 is 25.4 Å². The summed E-state index contributed by atoms with van der Waals surface area (Å²) >= 11 is 0. The summed E-state index contributed by atoms with van der Waals surface area (Å²) in [5.74, 6) is -3.16. The van der Waals surface area contributed by atoms with Crippen molar-refractivity contribution >= 4 is 11.9 Å². The molecule has 6 aromatic carbocycles. The van der Waals surface area contributed by atoms with Crippen LogP contribution in [-0.2, 0) is 45.2 Å². The summed E-state index contributed by atoms with van der Waals surface area (Å²) in [4.78, 5) is 22.2. The van der Waals surface area contributed by atoms with Crippen molar-refractivity contribution in [2.45, 2.75) is 67.2 Å². The summed E-state index contributed by atoms with van der Waals surface area (Å²) in [6, 6.07) is 34.7. The Kier molecular flexibility index (Phi) is 14.3. The van der Waals surface area contributed by atoms with E-state index in [1.165, 1.54) is 67.8 Å². The maximum Gasteiger partial charge on any atom is 2.00 e. The van der Waals surface area contributed by atoms with Crippen molar-refractivity contribution in [1.29, 1.82) is 0 Å². The molecular formula is C48H46O6Zn. The number of carboxylic acids is 2. The quantitative estimate of drug-likeness (QED) is 0.135. The number of rotatable bonds is 10. The SMILES string of the molecule is Cc1cc(C)c(Cc2ccc(Cc3cccc(C(=O)O)c3O)cc2)c(C)c1.Cc1cc(C)c(Cc2ccc(Cc3cccc(C(=O)[O-])c3[O-])cc2)c(C)c1.[Zn+2]. The molecule has 0 heterocycles. The van der Waals surface area contributed by atoms with Crippen LogP contribution >= 0.6 is 0 Å². The summed E-state index contributed by atoms with van der Waals surface area (Å²) < 4.78 is 0. The second-order valence-electron chi connectivity index (χ2n) is 14.3. The van der Waals surface area contributed by atoms with Gasteiger partial charge in [0.15, 0.2) is 0 Å². The summed E-state index contributed by atoms with van der Waals surface area (Å²) in [5.41, 5.74) is 15.7. The van der Waals surface area contributed by atoms with E-state index in [2.05, 4.69) is 90.1 Å².